The van der Waals surface area contributed by atoms with Gasteiger partial charge in [-0.15, -0.1) is 11.3 Å². The van der Waals surface area contributed by atoms with Crippen LogP contribution < -0.4 is 4.90 Å². The Morgan fingerprint density at radius 2 is 1.64 bits per heavy atom. The van der Waals surface area contributed by atoms with E-state index >= 15 is 0 Å². The van der Waals surface area contributed by atoms with Gasteiger partial charge in [0.2, 0.25) is 5.78 Å². The summed E-state index contributed by atoms with van der Waals surface area (Å²) in [5.74, 6) is -0.271. The topological polar surface area (TPSA) is 40.5 Å². The molecule has 0 amide bonds. The minimum Gasteiger partial charge on any atom is -0.508 e. The summed E-state index contributed by atoms with van der Waals surface area (Å²) in [6.07, 6.45) is 0. The lowest BCUT2D eigenvalue weighted by Crippen LogP contribution is -2.09. The molecule has 4 aromatic rings. The van der Waals surface area contributed by atoms with Gasteiger partial charge in [-0.1, -0.05) is 12.1 Å². The Balaban J connectivity index is 1.89. The van der Waals surface area contributed by atoms with E-state index < -0.39 is 0 Å². The molecule has 3 nitrogen and oxygen atoms in total. The molecular formula is C23H18FNO2S. The summed E-state index contributed by atoms with van der Waals surface area (Å²) in [4.78, 5) is 15.8. The third-order valence-electron chi connectivity index (χ3n) is 4.66. The molecule has 5 heteroatoms. The first-order valence-corrected chi connectivity index (χ1v) is 9.59. The largest absolute Gasteiger partial charge is 0.508 e. The Hall–Kier alpha value is -3.18. The lowest BCUT2D eigenvalue weighted by molar-refractivity contribution is 0.104. The van der Waals surface area contributed by atoms with Crippen LogP contribution in [0.4, 0.5) is 10.1 Å². The van der Waals surface area contributed by atoms with Crippen LogP contribution in [-0.4, -0.2) is 25.0 Å². The van der Waals surface area contributed by atoms with E-state index in [1.807, 2.05) is 43.3 Å². The van der Waals surface area contributed by atoms with Crippen molar-refractivity contribution in [2.24, 2.45) is 0 Å². The molecule has 0 saturated heterocycles. The standard InChI is InChI=1S/C23H18FNO2S/c1-25(2)17-9-5-15(6-10-17)22(27)23-21(14-3-7-16(24)8-4-14)19-12-11-18(26)13-20(19)28-23/h3-13,26H,1-2H3. The zero-order chi connectivity index (χ0) is 19.8. The fourth-order valence-electron chi connectivity index (χ4n) is 3.19. The number of nitrogens with zero attached hydrogens (tertiary/aromatic N) is 1. The van der Waals surface area contributed by atoms with Gasteiger partial charge in [0.15, 0.2) is 0 Å². The fraction of sp³-hybridized carbons (Fsp3) is 0.0870. The number of anilines is 1. The SMILES string of the molecule is CN(C)c1ccc(C(=O)c2sc3cc(O)ccc3c2-c2ccc(F)cc2)cc1. The molecule has 0 radical (unpaired) electrons. The number of carbonyl (C=O) groups excluding carboxylic acids is 1. The van der Waals surface area contributed by atoms with Crippen LogP contribution in [0.1, 0.15) is 15.2 Å². The van der Waals surface area contributed by atoms with Crippen LogP contribution >= 0.6 is 11.3 Å². The van der Waals surface area contributed by atoms with E-state index in [0.29, 0.717) is 10.4 Å². The van der Waals surface area contributed by atoms with E-state index in [-0.39, 0.29) is 17.3 Å². The highest BCUT2D eigenvalue weighted by molar-refractivity contribution is 7.21. The number of rotatable bonds is 4. The van der Waals surface area contributed by atoms with Crippen molar-refractivity contribution in [2.75, 3.05) is 19.0 Å². The molecule has 0 atom stereocenters. The lowest BCUT2D eigenvalue weighted by Gasteiger charge is -2.12. The quantitative estimate of drug-likeness (QED) is 0.453. The number of hydrogen-bond acceptors (Lipinski definition) is 4. The Morgan fingerprint density at radius 3 is 2.29 bits per heavy atom. The summed E-state index contributed by atoms with van der Waals surface area (Å²) in [5, 5.41) is 10.7. The van der Waals surface area contributed by atoms with Crippen molar-refractivity contribution < 1.29 is 14.3 Å². The number of benzene rings is 3. The smallest absolute Gasteiger partial charge is 0.203 e. The molecule has 0 aliphatic heterocycles. The highest BCUT2D eigenvalue weighted by Crippen LogP contribution is 2.41. The first kappa shape index (κ1) is 18.2. The van der Waals surface area contributed by atoms with Crippen molar-refractivity contribution in [1.29, 1.82) is 0 Å². The number of thiophene rings is 1. The van der Waals surface area contributed by atoms with Crippen molar-refractivity contribution in [1.82, 2.24) is 0 Å². The normalized spacial score (nSPS) is 11.0. The molecule has 0 aliphatic carbocycles. The summed E-state index contributed by atoms with van der Waals surface area (Å²) in [5.41, 5.74) is 3.13. The summed E-state index contributed by atoms with van der Waals surface area (Å²) in [6, 6.07) is 18.6. The number of phenols is 1. The number of fused-ring (bicyclic) bond motifs is 1. The van der Waals surface area contributed by atoms with Gasteiger partial charge in [-0.05, 0) is 60.2 Å². The molecule has 140 valence electrons. The van der Waals surface area contributed by atoms with Crippen LogP contribution in [0.2, 0.25) is 0 Å². The lowest BCUT2D eigenvalue weighted by atomic mass is 9.98. The minimum absolute atomic E-state index is 0.0923. The number of carbonyl (C=O) groups is 1. The summed E-state index contributed by atoms with van der Waals surface area (Å²) in [6.45, 7) is 0. The van der Waals surface area contributed by atoms with Crippen molar-refractivity contribution in [2.45, 2.75) is 0 Å². The fourth-order valence-corrected chi connectivity index (χ4v) is 4.41. The average Bonchev–Trinajstić information content (AvgIpc) is 3.06. The van der Waals surface area contributed by atoms with Crippen LogP contribution in [0, 0.1) is 5.82 Å². The number of hydrogen-bond donors (Lipinski definition) is 1. The molecule has 4 rings (SSSR count). The summed E-state index contributed by atoms with van der Waals surface area (Å²) < 4.78 is 14.2. The van der Waals surface area contributed by atoms with E-state index in [2.05, 4.69) is 0 Å². The zero-order valence-electron chi connectivity index (χ0n) is 15.4. The maximum atomic E-state index is 13.4. The first-order valence-electron chi connectivity index (χ1n) is 8.77. The van der Waals surface area contributed by atoms with Gasteiger partial charge < -0.3 is 10.0 Å². The van der Waals surface area contributed by atoms with Gasteiger partial charge in [-0.2, -0.15) is 0 Å². The van der Waals surface area contributed by atoms with Crippen LogP contribution in [0.3, 0.4) is 0 Å². The maximum Gasteiger partial charge on any atom is 0.203 e. The number of halogens is 1. The van der Waals surface area contributed by atoms with Gasteiger partial charge in [0.25, 0.3) is 0 Å². The highest BCUT2D eigenvalue weighted by Gasteiger charge is 2.21. The molecule has 0 aliphatic rings. The third kappa shape index (κ3) is 3.25. The second-order valence-corrected chi connectivity index (χ2v) is 7.82. The Morgan fingerprint density at radius 1 is 0.964 bits per heavy atom. The molecule has 0 unspecified atom stereocenters. The highest BCUT2D eigenvalue weighted by atomic mass is 32.1. The maximum absolute atomic E-state index is 13.4. The Labute approximate surface area is 166 Å². The third-order valence-corrected chi connectivity index (χ3v) is 5.81. The molecule has 0 spiro atoms. The van der Waals surface area contributed by atoms with Gasteiger partial charge in [-0.25, -0.2) is 4.39 Å². The van der Waals surface area contributed by atoms with Gasteiger partial charge in [-0.3, -0.25) is 4.79 Å². The number of ketones is 1. The van der Waals surface area contributed by atoms with Crippen molar-refractivity contribution >= 4 is 32.9 Å². The van der Waals surface area contributed by atoms with E-state index in [1.54, 1.807) is 30.3 Å². The van der Waals surface area contributed by atoms with E-state index in [9.17, 15) is 14.3 Å². The zero-order valence-corrected chi connectivity index (χ0v) is 16.3. The molecule has 0 bridgehead atoms. The van der Waals surface area contributed by atoms with E-state index in [4.69, 9.17) is 0 Å². The van der Waals surface area contributed by atoms with Crippen LogP contribution in [-0.2, 0) is 0 Å². The van der Waals surface area contributed by atoms with Gasteiger partial charge in [0, 0.05) is 41.0 Å². The summed E-state index contributed by atoms with van der Waals surface area (Å²) in [7, 11) is 3.89. The molecule has 3 aromatic carbocycles. The second-order valence-electron chi connectivity index (χ2n) is 6.76. The average molecular weight is 391 g/mol. The monoisotopic (exact) mass is 391 g/mol. The van der Waals surface area contributed by atoms with Gasteiger partial charge in [0.1, 0.15) is 11.6 Å². The van der Waals surface area contributed by atoms with Crippen LogP contribution in [0.25, 0.3) is 21.2 Å². The number of aromatic hydroxyl groups is 1. The molecule has 28 heavy (non-hydrogen) atoms. The van der Waals surface area contributed by atoms with Crippen LogP contribution in [0.5, 0.6) is 5.75 Å². The van der Waals surface area contributed by atoms with Crippen LogP contribution in [0.15, 0.2) is 66.7 Å². The van der Waals surface area contributed by atoms with E-state index in [1.165, 1.54) is 23.5 Å². The number of phenolic OH excluding ortho intramolecular Hbond substituents is 1. The molecular weight excluding hydrogens is 373 g/mol. The van der Waals surface area contributed by atoms with Crippen molar-refractivity contribution in [3.63, 3.8) is 0 Å². The van der Waals surface area contributed by atoms with Gasteiger partial charge in [0.05, 0.1) is 4.88 Å². The van der Waals surface area contributed by atoms with Crippen molar-refractivity contribution in [3.05, 3.63) is 83.0 Å². The molecule has 0 fully saturated rings. The Kier molecular flexibility index (Phi) is 4.61. The Bertz CT molecular complexity index is 1160. The minimum atomic E-state index is -0.326. The molecule has 1 N–H and O–H groups in total. The van der Waals surface area contributed by atoms with Gasteiger partial charge >= 0.3 is 0 Å². The first-order chi connectivity index (χ1) is 13.4. The second kappa shape index (κ2) is 7.09. The predicted octanol–water partition coefficient (Wildman–Crippen LogP) is 5.71. The van der Waals surface area contributed by atoms with E-state index in [0.717, 1.165) is 26.9 Å². The molecule has 1 heterocycles. The molecule has 0 saturated carbocycles. The summed E-state index contributed by atoms with van der Waals surface area (Å²) >= 11 is 1.34. The van der Waals surface area contributed by atoms with Crippen molar-refractivity contribution in [3.8, 4) is 16.9 Å². The predicted molar refractivity (Wildman–Crippen MR) is 113 cm³/mol. The molecule has 1 aromatic heterocycles.